The fraction of sp³-hybridized carbons (Fsp3) is 0.609. The number of carbonyl (C=O) groups excluding carboxylic acids is 2. The fourth-order valence-electron chi connectivity index (χ4n) is 4.44. The molecule has 2 aromatic heterocycles. The van der Waals surface area contributed by atoms with Gasteiger partial charge < -0.3 is 12.5 Å². The zero-order valence-electron chi connectivity index (χ0n) is 19.7. The largest absolute Gasteiger partial charge is 0.489 e. The maximum absolute atomic E-state index is 12.6. The lowest BCUT2D eigenvalue weighted by Crippen LogP contribution is -2.32. The molecule has 0 N–H and O–H groups in total. The van der Waals surface area contributed by atoms with Crippen molar-refractivity contribution in [3.05, 3.63) is 17.8 Å². The number of pyridine rings is 1. The van der Waals surface area contributed by atoms with Gasteiger partial charge in [0.25, 0.3) is 0 Å². The first-order chi connectivity index (χ1) is 16.4. The number of anilines is 1. The molecule has 0 unspecified atom stereocenters. The van der Waals surface area contributed by atoms with Crippen LogP contribution >= 0.6 is 23.0 Å². The molecule has 0 bridgehead atoms. The number of carbonyl (C=O) groups is 2. The highest BCUT2D eigenvalue weighted by atomic mass is 127. The van der Waals surface area contributed by atoms with E-state index in [2.05, 4.69) is 15.3 Å². The third-order valence-electron chi connectivity index (χ3n) is 6.67. The Bertz CT molecular complexity index is 1040. The van der Waals surface area contributed by atoms with Crippen LogP contribution in [0.2, 0.25) is 0 Å². The molecule has 2 atom stereocenters. The van der Waals surface area contributed by atoms with Gasteiger partial charge in [-0.25, -0.2) is 14.5 Å². The minimum absolute atomic E-state index is 0.0655. The van der Waals surface area contributed by atoms with Crippen molar-refractivity contribution in [2.24, 2.45) is 18.9 Å². The van der Waals surface area contributed by atoms with Crippen LogP contribution in [0.3, 0.4) is 0 Å². The molecule has 0 saturated heterocycles. The van der Waals surface area contributed by atoms with Crippen LogP contribution in [0.1, 0.15) is 50.6 Å². The second kappa shape index (κ2) is 10.9. The van der Waals surface area contributed by atoms with Crippen LogP contribution in [0.4, 0.5) is 10.6 Å². The molecule has 2 aliphatic carbocycles. The number of aromatic nitrogens is 4. The summed E-state index contributed by atoms with van der Waals surface area (Å²) in [4.78, 5) is 30.6. The zero-order chi connectivity index (χ0) is 24.2. The van der Waals surface area contributed by atoms with E-state index in [0.29, 0.717) is 47.6 Å². The van der Waals surface area contributed by atoms with Crippen molar-refractivity contribution in [3.63, 3.8) is 0 Å². The van der Waals surface area contributed by atoms with E-state index in [9.17, 15) is 9.59 Å². The topological polar surface area (TPSA) is 109 Å². The smallest absolute Gasteiger partial charge is 0.415 e. The lowest BCUT2D eigenvalue weighted by molar-refractivity contribution is -0.137. The molecule has 4 rings (SSSR count). The Kier molecular flexibility index (Phi) is 7.89. The first-order valence-electron chi connectivity index (χ1n) is 11.6. The van der Waals surface area contributed by atoms with Gasteiger partial charge in [0.05, 0.1) is 30.0 Å². The van der Waals surface area contributed by atoms with Gasteiger partial charge in [-0.2, -0.15) is 0 Å². The number of aryl methyl sites for hydroxylation is 2. The molecule has 34 heavy (non-hydrogen) atoms. The summed E-state index contributed by atoms with van der Waals surface area (Å²) in [5, 5.41) is 8.34. The minimum Gasteiger partial charge on any atom is -0.489 e. The molecular formula is C23H30IN5O5. The Morgan fingerprint density at radius 1 is 1.21 bits per heavy atom. The molecule has 11 heteroatoms. The van der Waals surface area contributed by atoms with Gasteiger partial charge in [-0.1, -0.05) is 11.6 Å². The van der Waals surface area contributed by atoms with Gasteiger partial charge >= 0.3 is 12.1 Å². The maximum atomic E-state index is 12.6. The van der Waals surface area contributed by atoms with E-state index in [1.165, 1.54) is 16.0 Å². The van der Waals surface area contributed by atoms with E-state index >= 15 is 0 Å². The van der Waals surface area contributed by atoms with Gasteiger partial charge in [-0.3, -0.25) is 9.69 Å². The zero-order valence-corrected chi connectivity index (χ0v) is 21.9. The number of hydrogen-bond acceptors (Lipinski definition) is 8. The van der Waals surface area contributed by atoms with Crippen molar-refractivity contribution in [2.75, 3.05) is 18.6 Å². The number of halogens is 1. The predicted molar refractivity (Wildman–Crippen MR) is 133 cm³/mol. The average molecular weight is 583 g/mol. The standard InChI is InChI=1S/C23H30IN5O5/c1-14-19(33-17-9-5-8-16(12-17)22(30)34-24)11-10-18(25-14)20-21(29(3)27-26-20)28(2)23(31)32-13-15-6-4-7-15/h10-11,15-17H,4-9,12-13H2,1-3H3/t16-,17-/m0/s1. The van der Waals surface area contributed by atoms with Crippen LogP contribution in [0.25, 0.3) is 11.4 Å². The predicted octanol–water partition coefficient (Wildman–Crippen LogP) is 4.39. The van der Waals surface area contributed by atoms with E-state index in [-0.39, 0.29) is 18.0 Å². The van der Waals surface area contributed by atoms with E-state index in [1.54, 1.807) is 37.1 Å². The Hall–Kier alpha value is -2.44. The van der Waals surface area contributed by atoms with E-state index < -0.39 is 6.09 Å². The third kappa shape index (κ3) is 5.44. The lowest BCUT2D eigenvalue weighted by atomic mass is 9.86. The first kappa shape index (κ1) is 24.7. The van der Waals surface area contributed by atoms with Crippen molar-refractivity contribution < 1.29 is 22.1 Å². The van der Waals surface area contributed by atoms with Crippen molar-refractivity contribution in [3.8, 4) is 17.1 Å². The summed E-state index contributed by atoms with van der Waals surface area (Å²) in [6.45, 7) is 2.30. The monoisotopic (exact) mass is 583 g/mol. The Morgan fingerprint density at radius 2 is 1.97 bits per heavy atom. The summed E-state index contributed by atoms with van der Waals surface area (Å²) in [5.41, 5.74) is 1.77. The molecule has 1 amide bonds. The summed E-state index contributed by atoms with van der Waals surface area (Å²) >= 11 is 1.64. The van der Waals surface area contributed by atoms with Crippen LogP contribution in [0.5, 0.6) is 5.75 Å². The Balaban J connectivity index is 1.46. The van der Waals surface area contributed by atoms with Crippen LogP contribution < -0.4 is 9.64 Å². The molecule has 2 saturated carbocycles. The van der Waals surface area contributed by atoms with E-state index in [0.717, 1.165) is 32.1 Å². The quantitative estimate of drug-likeness (QED) is 0.442. The van der Waals surface area contributed by atoms with E-state index in [4.69, 9.17) is 12.5 Å². The maximum Gasteiger partial charge on any atom is 0.415 e. The lowest BCUT2D eigenvalue weighted by Gasteiger charge is -2.28. The molecule has 0 radical (unpaired) electrons. The van der Waals surface area contributed by atoms with Crippen LogP contribution in [0, 0.1) is 18.8 Å². The van der Waals surface area contributed by atoms with Gasteiger partial charge in [0.15, 0.2) is 34.5 Å². The molecule has 184 valence electrons. The van der Waals surface area contributed by atoms with Crippen LogP contribution in [-0.2, 0) is 19.6 Å². The summed E-state index contributed by atoms with van der Waals surface area (Å²) in [6.07, 6.45) is 6.16. The van der Waals surface area contributed by atoms with Gasteiger partial charge in [-0.05, 0) is 63.5 Å². The normalized spacial score (nSPS) is 20.4. The molecule has 2 aliphatic rings. The third-order valence-corrected chi connectivity index (χ3v) is 7.10. The number of rotatable bonds is 7. The van der Waals surface area contributed by atoms with Gasteiger partial charge in [0.2, 0.25) is 0 Å². The van der Waals surface area contributed by atoms with Gasteiger partial charge in [-0.15, -0.1) is 5.10 Å². The highest BCUT2D eigenvalue weighted by Gasteiger charge is 2.30. The summed E-state index contributed by atoms with van der Waals surface area (Å²) in [5.74, 6) is 1.31. The van der Waals surface area contributed by atoms with Gasteiger partial charge in [0.1, 0.15) is 5.75 Å². The first-order valence-corrected chi connectivity index (χ1v) is 12.5. The van der Waals surface area contributed by atoms with Crippen molar-refractivity contribution in [2.45, 2.75) is 58.0 Å². The Labute approximate surface area is 213 Å². The molecule has 0 aliphatic heterocycles. The summed E-state index contributed by atoms with van der Waals surface area (Å²) in [6, 6.07) is 3.66. The second-order valence-electron chi connectivity index (χ2n) is 9.10. The van der Waals surface area contributed by atoms with Crippen molar-refractivity contribution >= 4 is 40.9 Å². The molecule has 2 heterocycles. The molecule has 2 aromatic rings. The minimum atomic E-state index is -0.438. The highest BCUT2D eigenvalue weighted by molar-refractivity contribution is 14.1. The second-order valence-corrected chi connectivity index (χ2v) is 9.54. The van der Waals surface area contributed by atoms with Crippen LogP contribution in [-0.4, -0.2) is 51.8 Å². The Morgan fingerprint density at radius 3 is 2.65 bits per heavy atom. The fourth-order valence-corrected chi connectivity index (χ4v) is 4.80. The van der Waals surface area contributed by atoms with Crippen molar-refractivity contribution in [1.29, 1.82) is 0 Å². The number of amides is 1. The van der Waals surface area contributed by atoms with E-state index in [1.807, 2.05) is 19.1 Å². The summed E-state index contributed by atoms with van der Waals surface area (Å²) < 4.78 is 18.1. The number of nitrogens with zero attached hydrogens (tertiary/aromatic N) is 5. The molecule has 2 fully saturated rings. The summed E-state index contributed by atoms with van der Waals surface area (Å²) in [7, 11) is 3.38. The molecule has 10 nitrogen and oxygen atoms in total. The van der Waals surface area contributed by atoms with Gasteiger partial charge in [0, 0.05) is 14.1 Å². The molecular weight excluding hydrogens is 553 g/mol. The van der Waals surface area contributed by atoms with Crippen molar-refractivity contribution in [1.82, 2.24) is 20.0 Å². The van der Waals surface area contributed by atoms with Crippen LogP contribution in [0.15, 0.2) is 12.1 Å². The highest BCUT2D eigenvalue weighted by Crippen LogP contribution is 2.33. The molecule has 0 aromatic carbocycles. The average Bonchev–Trinajstić information content (AvgIpc) is 3.19. The number of hydrogen-bond donors (Lipinski definition) is 0. The molecule has 0 spiro atoms. The SMILES string of the molecule is Cc1nc(-c2nnn(C)c2N(C)C(=O)OCC2CCC2)ccc1O[C@H]1CCC[C@H](C(=O)OI)C1. The number of ether oxygens (including phenoxy) is 2.